The molecule has 10 nitrogen and oxygen atoms in total. The molecule has 1 amide bonds. The Morgan fingerprint density at radius 1 is 1.06 bits per heavy atom. The van der Waals surface area contributed by atoms with Gasteiger partial charge in [-0.2, -0.15) is 0 Å². The van der Waals surface area contributed by atoms with E-state index in [0.29, 0.717) is 0 Å². The third-order valence-corrected chi connectivity index (χ3v) is 6.61. The molecule has 0 bridgehead atoms. The SMILES string of the molecule is C=CCOC(=O)[C@H]1[C@@H]2C[C@H](F)[C@@](NC(=O)OC(C)OC(=O)OC3CCCCC3)(C(=O)OCC=C)[C@@H]21. The van der Waals surface area contributed by atoms with E-state index < -0.39 is 59.9 Å². The van der Waals surface area contributed by atoms with Crippen molar-refractivity contribution in [3.63, 3.8) is 0 Å². The Morgan fingerprint density at radius 2 is 1.71 bits per heavy atom. The minimum absolute atomic E-state index is 0.0387. The standard InChI is InChI=1S/C24H32FNO9/c1-4-11-31-20(27)18-16-13-17(25)24(19(16)18,21(28)32-12-5-2)26-22(29)33-14(3)34-23(30)35-15-9-7-6-8-10-15/h4-5,14-19H,1-2,6-13H2,3H3,(H,26,29)/t14?,16-,17-,18-,19-,24-/m0/s1. The number of esters is 2. The third-order valence-electron chi connectivity index (χ3n) is 6.61. The quantitative estimate of drug-likeness (QED) is 0.209. The minimum atomic E-state index is -2.16. The van der Waals surface area contributed by atoms with Crippen LogP contribution in [0.4, 0.5) is 14.0 Å². The average Bonchev–Trinajstić information content (AvgIpc) is 3.45. The maximum absolute atomic E-state index is 15.2. The number of hydrogen-bond acceptors (Lipinski definition) is 9. The van der Waals surface area contributed by atoms with Crippen molar-refractivity contribution in [1.82, 2.24) is 5.32 Å². The van der Waals surface area contributed by atoms with Crippen LogP contribution in [0, 0.1) is 17.8 Å². The molecular weight excluding hydrogens is 465 g/mol. The summed E-state index contributed by atoms with van der Waals surface area (Å²) in [6, 6.07) is 0. The van der Waals surface area contributed by atoms with Crippen LogP contribution >= 0.6 is 0 Å². The number of amides is 1. The van der Waals surface area contributed by atoms with E-state index in [1.165, 1.54) is 19.1 Å². The summed E-state index contributed by atoms with van der Waals surface area (Å²) in [6.45, 7) is 7.94. The number of alkyl halides is 1. The number of fused-ring (bicyclic) bond motifs is 1. The summed E-state index contributed by atoms with van der Waals surface area (Å²) in [6.07, 6.45) is 1.29. The van der Waals surface area contributed by atoms with Crippen molar-refractivity contribution in [3.8, 4) is 0 Å². The predicted molar refractivity (Wildman–Crippen MR) is 119 cm³/mol. The highest BCUT2D eigenvalue weighted by molar-refractivity contribution is 5.91. The largest absolute Gasteiger partial charge is 0.511 e. The Hall–Kier alpha value is -3.11. The lowest BCUT2D eigenvalue weighted by molar-refractivity contribution is -0.156. The number of carbonyl (C=O) groups excluding carboxylic acids is 4. The highest BCUT2D eigenvalue weighted by Crippen LogP contribution is 2.63. The lowest BCUT2D eigenvalue weighted by Gasteiger charge is -2.33. The molecule has 3 aliphatic rings. The van der Waals surface area contributed by atoms with E-state index >= 15 is 4.39 Å². The molecule has 0 radical (unpaired) electrons. The third kappa shape index (κ3) is 5.94. The molecule has 0 aliphatic heterocycles. The Bertz CT molecular complexity index is 843. The van der Waals surface area contributed by atoms with Crippen LogP contribution in [0.25, 0.3) is 0 Å². The molecule has 0 aromatic carbocycles. The van der Waals surface area contributed by atoms with E-state index in [0.717, 1.165) is 32.1 Å². The van der Waals surface area contributed by atoms with Crippen LogP contribution < -0.4 is 5.32 Å². The van der Waals surface area contributed by atoms with Gasteiger partial charge in [-0.3, -0.25) is 4.79 Å². The van der Waals surface area contributed by atoms with Gasteiger partial charge in [0.15, 0.2) is 5.54 Å². The Morgan fingerprint density at radius 3 is 2.37 bits per heavy atom. The van der Waals surface area contributed by atoms with Crippen molar-refractivity contribution < 1.29 is 47.3 Å². The number of halogens is 1. The van der Waals surface area contributed by atoms with E-state index in [2.05, 4.69) is 18.5 Å². The molecule has 0 aromatic rings. The van der Waals surface area contributed by atoms with Crippen molar-refractivity contribution >= 4 is 24.2 Å². The van der Waals surface area contributed by atoms with Crippen LogP contribution in [0.2, 0.25) is 0 Å². The van der Waals surface area contributed by atoms with E-state index in [-0.39, 0.29) is 25.7 Å². The fourth-order valence-electron chi connectivity index (χ4n) is 5.07. The zero-order valence-corrected chi connectivity index (χ0v) is 19.7. The van der Waals surface area contributed by atoms with Crippen LogP contribution in [0.3, 0.4) is 0 Å². The topological polar surface area (TPSA) is 126 Å². The lowest BCUT2D eigenvalue weighted by atomic mass is 9.88. The first-order valence-corrected chi connectivity index (χ1v) is 11.8. The molecular formula is C24H32FNO9. The molecule has 194 valence electrons. The van der Waals surface area contributed by atoms with E-state index in [9.17, 15) is 19.2 Å². The average molecular weight is 498 g/mol. The molecule has 35 heavy (non-hydrogen) atoms. The molecule has 11 heteroatoms. The monoisotopic (exact) mass is 497 g/mol. The molecule has 1 unspecified atom stereocenters. The van der Waals surface area contributed by atoms with Crippen LogP contribution in [0.1, 0.15) is 45.4 Å². The molecule has 3 aliphatic carbocycles. The number of carbonyl (C=O) groups is 4. The Kier molecular flexibility index (Phi) is 8.74. The summed E-state index contributed by atoms with van der Waals surface area (Å²) in [5.41, 5.74) is -2.16. The zero-order valence-electron chi connectivity index (χ0n) is 19.7. The highest BCUT2D eigenvalue weighted by Gasteiger charge is 2.77. The van der Waals surface area contributed by atoms with Crippen LogP contribution in [-0.4, -0.2) is 61.5 Å². The van der Waals surface area contributed by atoms with Crippen molar-refractivity contribution in [2.45, 2.75) is 69.6 Å². The van der Waals surface area contributed by atoms with Gasteiger partial charge in [-0.25, -0.2) is 18.8 Å². The maximum Gasteiger partial charge on any atom is 0.511 e. The maximum atomic E-state index is 15.2. The zero-order chi connectivity index (χ0) is 25.6. The van der Waals surface area contributed by atoms with E-state index in [1.807, 2.05) is 0 Å². The Labute approximate surface area is 203 Å². The van der Waals surface area contributed by atoms with Gasteiger partial charge in [0.1, 0.15) is 25.5 Å². The number of alkyl carbamates (subject to hydrolysis) is 1. The molecule has 0 saturated heterocycles. The van der Waals surface area contributed by atoms with Gasteiger partial charge in [-0.1, -0.05) is 31.7 Å². The smallest absolute Gasteiger partial charge is 0.461 e. The molecule has 3 fully saturated rings. The predicted octanol–water partition coefficient (Wildman–Crippen LogP) is 3.35. The van der Waals surface area contributed by atoms with Crippen LogP contribution in [0.15, 0.2) is 25.3 Å². The lowest BCUT2D eigenvalue weighted by Crippen LogP contribution is -2.62. The van der Waals surface area contributed by atoms with Gasteiger partial charge in [0, 0.05) is 12.8 Å². The fourth-order valence-corrected chi connectivity index (χ4v) is 5.07. The van der Waals surface area contributed by atoms with E-state index in [1.54, 1.807) is 0 Å². The van der Waals surface area contributed by atoms with Crippen molar-refractivity contribution in [1.29, 1.82) is 0 Å². The Balaban J connectivity index is 1.64. The van der Waals surface area contributed by atoms with Crippen molar-refractivity contribution in [2.75, 3.05) is 13.2 Å². The van der Waals surface area contributed by atoms with Crippen LogP contribution in [0.5, 0.6) is 0 Å². The second-order valence-electron chi connectivity index (χ2n) is 8.94. The van der Waals surface area contributed by atoms with Crippen LogP contribution in [-0.2, 0) is 33.3 Å². The van der Waals surface area contributed by atoms with Crippen molar-refractivity contribution in [3.05, 3.63) is 25.3 Å². The molecule has 0 heterocycles. The van der Waals surface area contributed by atoms with E-state index in [4.69, 9.17) is 23.7 Å². The molecule has 0 aromatic heterocycles. The van der Waals surface area contributed by atoms with Gasteiger partial charge in [-0.15, -0.1) is 0 Å². The summed E-state index contributed by atoms with van der Waals surface area (Å²) >= 11 is 0. The summed E-state index contributed by atoms with van der Waals surface area (Å²) in [5, 5.41) is 2.26. The normalized spacial score (nSPS) is 30.1. The number of ether oxygens (including phenoxy) is 5. The first kappa shape index (κ1) is 26.5. The molecule has 3 saturated carbocycles. The summed E-state index contributed by atoms with van der Waals surface area (Å²) < 4.78 is 40.5. The second-order valence-corrected chi connectivity index (χ2v) is 8.94. The molecule has 0 spiro atoms. The highest BCUT2D eigenvalue weighted by atomic mass is 19.1. The first-order valence-electron chi connectivity index (χ1n) is 11.8. The first-order chi connectivity index (χ1) is 16.7. The summed E-state index contributed by atoms with van der Waals surface area (Å²) in [5.74, 6) is -3.87. The molecule has 6 atom stereocenters. The number of rotatable bonds is 10. The van der Waals surface area contributed by atoms with Gasteiger partial charge in [0.2, 0.25) is 6.29 Å². The van der Waals surface area contributed by atoms with Crippen molar-refractivity contribution in [2.24, 2.45) is 17.8 Å². The van der Waals surface area contributed by atoms with Gasteiger partial charge in [0.05, 0.1) is 5.92 Å². The number of nitrogens with one attached hydrogen (secondary N) is 1. The summed E-state index contributed by atoms with van der Waals surface area (Å²) in [4.78, 5) is 49.9. The van der Waals surface area contributed by atoms with Gasteiger partial charge in [-0.05, 0) is 38.0 Å². The molecule has 3 rings (SSSR count). The summed E-state index contributed by atoms with van der Waals surface area (Å²) in [7, 11) is 0. The minimum Gasteiger partial charge on any atom is -0.461 e. The number of hydrogen-bond donors (Lipinski definition) is 1. The fraction of sp³-hybridized carbons (Fsp3) is 0.667. The van der Waals surface area contributed by atoms with Gasteiger partial charge in [0.25, 0.3) is 0 Å². The molecule has 1 N–H and O–H groups in total. The second kappa shape index (κ2) is 11.5. The van der Waals surface area contributed by atoms with Gasteiger partial charge < -0.3 is 29.0 Å². The van der Waals surface area contributed by atoms with Gasteiger partial charge >= 0.3 is 24.2 Å².